The van der Waals surface area contributed by atoms with Crippen LogP contribution < -0.4 is 0 Å². The van der Waals surface area contributed by atoms with Gasteiger partial charge in [-0.25, -0.2) is 4.79 Å². The average Bonchev–Trinajstić information content (AvgIpc) is 2.49. The number of rotatable bonds is 3. The molecule has 0 bridgehead atoms. The lowest BCUT2D eigenvalue weighted by atomic mass is 10.1. The SMILES string of the molecule is CC(C)OC(=O)c1snnc1C(C)C. The summed E-state index contributed by atoms with van der Waals surface area (Å²) in [5, 5.41) is 3.91. The van der Waals surface area contributed by atoms with Gasteiger partial charge in [-0.1, -0.05) is 18.3 Å². The van der Waals surface area contributed by atoms with Gasteiger partial charge in [0.25, 0.3) is 0 Å². The maximum atomic E-state index is 11.5. The summed E-state index contributed by atoms with van der Waals surface area (Å²) in [5.74, 6) is -0.123. The number of nitrogens with zero attached hydrogens (tertiary/aromatic N) is 2. The monoisotopic (exact) mass is 214 g/mol. The first-order valence-corrected chi connectivity index (χ1v) is 5.33. The number of carbonyl (C=O) groups excluding carboxylic acids is 1. The van der Waals surface area contributed by atoms with E-state index in [1.54, 1.807) is 0 Å². The zero-order chi connectivity index (χ0) is 10.7. The van der Waals surface area contributed by atoms with Crippen molar-refractivity contribution in [2.45, 2.75) is 39.7 Å². The molecule has 0 aliphatic rings. The van der Waals surface area contributed by atoms with E-state index >= 15 is 0 Å². The average molecular weight is 214 g/mol. The fourth-order valence-electron chi connectivity index (χ4n) is 0.984. The van der Waals surface area contributed by atoms with Crippen LogP contribution >= 0.6 is 11.5 Å². The number of hydrogen-bond acceptors (Lipinski definition) is 5. The first-order valence-electron chi connectivity index (χ1n) is 4.55. The summed E-state index contributed by atoms with van der Waals surface area (Å²) < 4.78 is 8.84. The first kappa shape index (κ1) is 11.1. The Hall–Kier alpha value is -0.970. The van der Waals surface area contributed by atoms with Gasteiger partial charge < -0.3 is 4.74 Å². The number of aromatic nitrogens is 2. The van der Waals surface area contributed by atoms with E-state index in [0.29, 0.717) is 4.88 Å². The van der Waals surface area contributed by atoms with Crippen molar-refractivity contribution in [3.63, 3.8) is 0 Å². The molecular formula is C9H14N2O2S. The third-order valence-corrected chi connectivity index (χ3v) is 2.31. The van der Waals surface area contributed by atoms with Gasteiger partial charge in [-0.15, -0.1) is 5.10 Å². The van der Waals surface area contributed by atoms with E-state index in [9.17, 15) is 4.79 Å². The Bertz CT molecular complexity index is 320. The lowest BCUT2D eigenvalue weighted by molar-refractivity contribution is 0.0382. The van der Waals surface area contributed by atoms with Gasteiger partial charge in [0.2, 0.25) is 0 Å². The Morgan fingerprint density at radius 3 is 2.50 bits per heavy atom. The number of carbonyl (C=O) groups is 1. The van der Waals surface area contributed by atoms with Crippen LogP contribution in [0, 0.1) is 0 Å². The normalized spacial score (nSPS) is 11.0. The smallest absolute Gasteiger partial charge is 0.352 e. The molecule has 0 saturated heterocycles. The molecule has 0 radical (unpaired) electrons. The van der Waals surface area contributed by atoms with Gasteiger partial charge in [0, 0.05) is 0 Å². The highest BCUT2D eigenvalue weighted by atomic mass is 32.1. The zero-order valence-electron chi connectivity index (χ0n) is 8.77. The second-order valence-electron chi connectivity index (χ2n) is 3.60. The van der Waals surface area contributed by atoms with E-state index < -0.39 is 0 Å². The van der Waals surface area contributed by atoms with Gasteiger partial charge in [0.05, 0.1) is 11.8 Å². The van der Waals surface area contributed by atoms with E-state index in [1.807, 2.05) is 27.7 Å². The minimum atomic E-state index is -0.321. The Morgan fingerprint density at radius 2 is 2.00 bits per heavy atom. The molecule has 0 aliphatic heterocycles. The van der Waals surface area contributed by atoms with Crippen LogP contribution in [0.5, 0.6) is 0 Å². The van der Waals surface area contributed by atoms with Crippen LogP contribution in [-0.4, -0.2) is 21.7 Å². The summed E-state index contributed by atoms with van der Waals surface area (Å²) >= 11 is 1.09. The van der Waals surface area contributed by atoms with Crippen LogP contribution in [0.25, 0.3) is 0 Å². The minimum absolute atomic E-state index is 0.107. The van der Waals surface area contributed by atoms with E-state index in [4.69, 9.17) is 4.74 Å². The van der Waals surface area contributed by atoms with Gasteiger partial charge in [-0.3, -0.25) is 0 Å². The van der Waals surface area contributed by atoms with Crippen LogP contribution in [0.4, 0.5) is 0 Å². The molecule has 0 aliphatic carbocycles. The maximum absolute atomic E-state index is 11.5. The third-order valence-electron chi connectivity index (χ3n) is 1.59. The molecule has 0 saturated carbocycles. The zero-order valence-corrected chi connectivity index (χ0v) is 9.59. The lowest BCUT2D eigenvalue weighted by Gasteiger charge is -2.07. The van der Waals surface area contributed by atoms with Gasteiger partial charge >= 0.3 is 5.97 Å². The predicted octanol–water partition coefficient (Wildman–Crippen LogP) is 2.23. The molecule has 0 fully saturated rings. The standard InChI is InChI=1S/C9H14N2O2S/c1-5(2)7-8(14-11-10-7)9(12)13-6(3)4/h5-6H,1-4H3. The van der Waals surface area contributed by atoms with Crippen molar-refractivity contribution in [3.8, 4) is 0 Å². The predicted molar refractivity (Wildman–Crippen MR) is 54.5 cm³/mol. The second kappa shape index (κ2) is 4.50. The highest BCUT2D eigenvalue weighted by molar-refractivity contribution is 7.07. The number of hydrogen-bond donors (Lipinski definition) is 0. The fraction of sp³-hybridized carbons (Fsp3) is 0.667. The van der Waals surface area contributed by atoms with Crippen molar-refractivity contribution in [2.24, 2.45) is 0 Å². The highest BCUT2D eigenvalue weighted by Gasteiger charge is 2.20. The van der Waals surface area contributed by atoms with Crippen LogP contribution in [0.15, 0.2) is 0 Å². The summed E-state index contributed by atoms with van der Waals surface area (Å²) in [5.41, 5.74) is 0.723. The van der Waals surface area contributed by atoms with Gasteiger partial charge in [0.15, 0.2) is 4.88 Å². The van der Waals surface area contributed by atoms with Gasteiger partial charge in [0.1, 0.15) is 0 Å². The van der Waals surface area contributed by atoms with Gasteiger partial charge in [-0.05, 0) is 31.3 Å². The first-order chi connectivity index (χ1) is 6.52. The Kier molecular flexibility index (Phi) is 3.57. The van der Waals surface area contributed by atoms with Crippen molar-refractivity contribution in [1.29, 1.82) is 0 Å². The van der Waals surface area contributed by atoms with E-state index in [0.717, 1.165) is 17.2 Å². The molecule has 14 heavy (non-hydrogen) atoms. The van der Waals surface area contributed by atoms with Crippen molar-refractivity contribution < 1.29 is 9.53 Å². The van der Waals surface area contributed by atoms with E-state index in [1.165, 1.54) is 0 Å². The molecule has 0 N–H and O–H groups in total. The summed E-state index contributed by atoms with van der Waals surface area (Å²) in [6.45, 7) is 7.59. The molecule has 4 nitrogen and oxygen atoms in total. The molecule has 0 unspecified atom stereocenters. The molecular weight excluding hydrogens is 200 g/mol. The molecule has 1 aromatic rings. The molecule has 0 aromatic carbocycles. The summed E-state index contributed by atoms with van der Waals surface area (Å²) in [6, 6.07) is 0. The largest absolute Gasteiger partial charge is 0.459 e. The molecule has 0 atom stereocenters. The van der Waals surface area contributed by atoms with Crippen molar-refractivity contribution >= 4 is 17.5 Å². The molecule has 0 spiro atoms. The third kappa shape index (κ3) is 2.51. The number of esters is 1. The maximum Gasteiger partial charge on any atom is 0.352 e. The quantitative estimate of drug-likeness (QED) is 0.724. The van der Waals surface area contributed by atoms with Crippen LogP contribution in [0.1, 0.15) is 49.0 Å². The summed E-state index contributed by atoms with van der Waals surface area (Å²) in [7, 11) is 0. The van der Waals surface area contributed by atoms with Crippen LogP contribution in [-0.2, 0) is 4.74 Å². The molecule has 5 heteroatoms. The summed E-state index contributed by atoms with van der Waals surface area (Å²) in [6.07, 6.45) is -0.107. The Morgan fingerprint density at radius 1 is 1.36 bits per heavy atom. The molecule has 1 rings (SSSR count). The second-order valence-corrected chi connectivity index (χ2v) is 4.35. The molecule has 78 valence electrons. The van der Waals surface area contributed by atoms with Crippen molar-refractivity contribution in [1.82, 2.24) is 9.59 Å². The van der Waals surface area contributed by atoms with Crippen LogP contribution in [0.2, 0.25) is 0 Å². The molecule has 1 aromatic heterocycles. The molecule has 1 heterocycles. The van der Waals surface area contributed by atoms with Gasteiger partial charge in [-0.2, -0.15) is 0 Å². The fourth-order valence-corrected chi connectivity index (χ4v) is 1.69. The Balaban J connectivity index is 2.84. The lowest BCUT2D eigenvalue weighted by Crippen LogP contribution is -2.12. The Labute approximate surface area is 87.5 Å². The highest BCUT2D eigenvalue weighted by Crippen LogP contribution is 2.20. The minimum Gasteiger partial charge on any atom is -0.459 e. The van der Waals surface area contributed by atoms with E-state index in [-0.39, 0.29) is 18.0 Å². The van der Waals surface area contributed by atoms with E-state index in [2.05, 4.69) is 9.59 Å². The van der Waals surface area contributed by atoms with Crippen molar-refractivity contribution in [3.05, 3.63) is 10.6 Å². The number of ether oxygens (including phenoxy) is 1. The molecule has 0 amide bonds. The topological polar surface area (TPSA) is 52.1 Å². The van der Waals surface area contributed by atoms with Crippen molar-refractivity contribution in [2.75, 3.05) is 0 Å². The summed E-state index contributed by atoms with van der Waals surface area (Å²) in [4.78, 5) is 12.1. The van der Waals surface area contributed by atoms with Crippen LogP contribution in [0.3, 0.4) is 0 Å².